The predicted molar refractivity (Wildman–Crippen MR) is 78.9 cm³/mol. The lowest BCUT2D eigenvalue weighted by molar-refractivity contribution is 0.772. The van der Waals surface area contributed by atoms with Crippen molar-refractivity contribution in [3.8, 4) is 0 Å². The third-order valence-corrected chi connectivity index (χ3v) is 2.89. The van der Waals surface area contributed by atoms with Gasteiger partial charge in [-0.3, -0.25) is 0 Å². The van der Waals surface area contributed by atoms with Crippen LogP contribution in [0.15, 0.2) is 24.8 Å². The van der Waals surface area contributed by atoms with Crippen LogP contribution in [0.3, 0.4) is 0 Å². The Morgan fingerprint density at radius 3 is 2.67 bits per heavy atom. The summed E-state index contributed by atoms with van der Waals surface area (Å²) in [6.07, 6.45) is 3.01. The molecule has 0 aliphatic heterocycles. The van der Waals surface area contributed by atoms with E-state index in [1.54, 1.807) is 0 Å². The smallest absolute Gasteiger partial charge is 0.129 e. The Bertz CT molecular complexity index is 385. The van der Waals surface area contributed by atoms with Gasteiger partial charge in [0.05, 0.1) is 0 Å². The third kappa shape index (κ3) is 3.84. The maximum Gasteiger partial charge on any atom is 0.129 e. The van der Waals surface area contributed by atoms with Crippen LogP contribution >= 0.6 is 0 Å². The number of hydrogen-bond acceptors (Lipinski definition) is 3. The summed E-state index contributed by atoms with van der Waals surface area (Å²) in [5.74, 6) is 1.44. The number of nitrogens with zero attached hydrogens (tertiary/aromatic N) is 2. The summed E-state index contributed by atoms with van der Waals surface area (Å²) >= 11 is 0. The van der Waals surface area contributed by atoms with Gasteiger partial charge in [0.1, 0.15) is 5.82 Å². The molecule has 0 radical (unpaired) electrons. The van der Waals surface area contributed by atoms with Gasteiger partial charge < -0.3 is 10.6 Å². The van der Waals surface area contributed by atoms with Crippen LogP contribution in [0.1, 0.15) is 44.4 Å². The lowest BCUT2D eigenvalue weighted by Crippen LogP contribution is -2.25. The normalized spacial score (nSPS) is 10.7. The quantitative estimate of drug-likeness (QED) is 0.753. The minimum absolute atomic E-state index is 0.419. The highest BCUT2D eigenvalue weighted by Gasteiger charge is 2.10. The zero-order valence-corrected chi connectivity index (χ0v) is 11.8. The van der Waals surface area contributed by atoms with E-state index in [0.717, 1.165) is 36.6 Å². The molecule has 0 aliphatic carbocycles. The molecule has 0 saturated carbocycles. The summed E-state index contributed by atoms with van der Waals surface area (Å²) in [6.45, 7) is 12.7. The zero-order valence-electron chi connectivity index (χ0n) is 11.8. The highest BCUT2D eigenvalue weighted by Crippen LogP contribution is 2.20. The van der Waals surface area contributed by atoms with Crippen LogP contribution in [-0.4, -0.2) is 18.1 Å². The van der Waals surface area contributed by atoms with E-state index < -0.39 is 0 Å². The van der Waals surface area contributed by atoms with Crippen LogP contribution in [0.25, 0.3) is 0 Å². The summed E-state index contributed by atoms with van der Waals surface area (Å²) in [4.78, 5) is 6.99. The van der Waals surface area contributed by atoms with E-state index >= 15 is 0 Å². The first-order valence-electron chi connectivity index (χ1n) is 6.69. The van der Waals surface area contributed by atoms with Gasteiger partial charge >= 0.3 is 0 Å². The number of pyridine rings is 1. The number of rotatable bonds is 7. The molecular weight excluding hydrogens is 222 g/mol. The van der Waals surface area contributed by atoms with Gasteiger partial charge in [-0.2, -0.15) is 0 Å². The molecule has 0 fully saturated rings. The monoisotopic (exact) mass is 247 g/mol. The Morgan fingerprint density at radius 2 is 2.17 bits per heavy atom. The van der Waals surface area contributed by atoms with Gasteiger partial charge in [-0.05, 0) is 30.0 Å². The summed E-state index contributed by atoms with van der Waals surface area (Å²) < 4.78 is 0. The van der Waals surface area contributed by atoms with Crippen molar-refractivity contribution in [1.82, 2.24) is 4.98 Å². The number of nitrogens with two attached hydrogens (primary N) is 1. The van der Waals surface area contributed by atoms with Gasteiger partial charge in [-0.15, -0.1) is 6.58 Å². The molecule has 0 aliphatic rings. The van der Waals surface area contributed by atoms with Crippen molar-refractivity contribution in [1.29, 1.82) is 0 Å². The standard InChI is InChI=1S/C15H25N3/c1-5-7-18(8-6-2)15-10-13(11-16)9-14(17-15)12(3)4/h5,9-10,12H,1,6-8,11,16H2,2-4H3. The molecule has 0 atom stereocenters. The van der Waals surface area contributed by atoms with Gasteiger partial charge in [0.15, 0.2) is 0 Å². The van der Waals surface area contributed by atoms with E-state index in [0.29, 0.717) is 12.5 Å². The van der Waals surface area contributed by atoms with Crippen molar-refractivity contribution in [2.24, 2.45) is 5.73 Å². The molecule has 0 unspecified atom stereocenters. The lowest BCUT2D eigenvalue weighted by Gasteiger charge is -2.23. The Hall–Kier alpha value is -1.35. The van der Waals surface area contributed by atoms with Crippen LogP contribution < -0.4 is 10.6 Å². The fraction of sp³-hybridized carbons (Fsp3) is 0.533. The van der Waals surface area contributed by atoms with Crippen molar-refractivity contribution < 1.29 is 0 Å². The SMILES string of the molecule is C=CCN(CCC)c1cc(CN)cc(C(C)C)n1. The second-order valence-corrected chi connectivity index (χ2v) is 4.85. The highest BCUT2D eigenvalue weighted by atomic mass is 15.2. The fourth-order valence-electron chi connectivity index (χ4n) is 1.89. The van der Waals surface area contributed by atoms with Crippen LogP contribution in [0.5, 0.6) is 0 Å². The van der Waals surface area contributed by atoms with Crippen molar-refractivity contribution in [2.75, 3.05) is 18.0 Å². The molecule has 2 N–H and O–H groups in total. The van der Waals surface area contributed by atoms with E-state index in [1.165, 1.54) is 0 Å². The number of anilines is 1. The first-order valence-corrected chi connectivity index (χ1v) is 6.69. The average molecular weight is 247 g/mol. The number of aromatic nitrogens is 1. The minimum Gasteiger partial charge on any atom is -0.353 e. The van der Waals surface area contributed by atoms with E-state index in [1.807, 2.05) is 6.08 Å². The first-order chi connectivity index (χ1) is 8.62. The van der Waals surface area contributed by atoms with Crippen LogP contribution in [0, 0.1) is 0 Å². The first kappa shape index (κ1) is 14.7. The molecule has 18 heavy (non-hydrogen) atoms. The van der Waals surface area contributed by atoms with Gasteiger partial charge in [-0.25, -0.2) is 4.98 Å². The highest BCUT2D eigenvalue weighted by molar-refractivity contribution is 5.44. The van der Waals surface area contributed by atoms with Gasteiger partial charge in [0, 0.05) is 25.3 Å². The van der Waals surface area contributed by atoms with Crippen molar-refractivity contribution in [3.05, 3.63) is 36.0 Å². The molecule has 1 rings (SSSR count). The topological polar surface area (TPSA) is 42.1 Å². The van der Waals surface area contributed by atoms with Crippen LogP contribution in [0.4, 0.5) is 5.82 Å². The molecule has 1 aromatic heterocycles. The Balaban J connectivity index is 3.10. The third-order valence-electron chi connectivity index (χ3n) is 2.89. The minimum atomic E-state index is 0.419. The van der Waals surface area contributed by atoms with E-state index in [-0.39, 0.29) is 0 Å². The van der Waals surface area contributed by atoms with E-state index in [4.69, 9.17) is 10.7 Å². The van der Waals surface area contributed by atoms with Gasteiger partial charge in [-0.1, -0.05) is 26.8 Å². The van der Waals surface area contributed by atoms with Crippen molar-refractivity contribution >= 4 is 5.82 Å². The lowest BCUT2D eigenvalue weighted by atomic mass is 10.1. The Labute approximate surface area is 111 Å². The summed E-state index contributed by atoms with van der Waals surface area (Å²) in [6, 6.07) is 4.19. The predicted octanol–water partition coefficient (Wildman–Crippen LogP) is 3.07. The average Bonchev–Trinajstić information content (AvgIpc) is 2.37. The Kier molecular flexibility index (Phi) is 5.86. The number of hydrogen-bond donors (Lipinski definition) is 1. The van der Waals surface area contributed by atoms with Gasteiger partial charge in [0.25, 0.3) is 0 Å². The van der Waals surface area contributed by atoms with Crippen LogP contribution in [0.2, 0.25) is 0 Å². The Morgan fingerprint density at radius 1 is 1.44 bits per heavy atom. The van der Waals surface area contributed by atoms with Gasteiger partial charge in [0.2, 0.25) is 0 Å². The molecule has 1 heterocycles. The van der Waals surface area contributed by atoms with Crippen molar-refractivity contribution in [2.45, 2.75) is 39.7 Å². The second-order valence-electron chi connectivity index (χ2n) is 4.85. The summed E-state index contributed by atoms with van der Waals surface area (Å²) in [5, 5.41) is 0. The molecular formula is C15H25N3. The van der Waals surface area contributed by atoms with Crippen LogP contribution in [-0.2, 0) is 6.54 Å². The summed E-state index contributed by atoms with van der Waals surface area (Å²) in [5.41, 5.74) is 8.03. The maximum atomic E-state index is 5.77. The zero-order chi connectivity index (χ0) is 13.5. The molecule has 0 amide bonds. The molecule has 3 heteroatoms. The second kappa shape index (κ2) is 7.17. The van der Waals surface area contributed by atoms with E-state index in [2.05, 4.69) is 44.4 Å². The summed E-state index contributed by atoms with van der Waals surface area (Å²) in [7, 11) is 0. The maximum absolute atomic E-state index is 5.77. The molecule has 3 nitrogen and oxygen atoms in total. The molecule has 0 spiro atoms. The molecule has 0 saturated heterocycles. The largest absolute Gasteiger partial charge is 0.353 e. The fourth-order valence-corrected chi connectivity index (χ4v) is 1.89. The molecule has 100 valence electrons. The molecule has 0 aromatic carbocycles. The van der Waals surface area contributed by atoms with E-state index in [9.17, 15) is 0 Å². The molecule has 0 bridgehead atoms. The molecule has 1 aromatic rings. The van der Waals surface area contributed by atoms with Crippen molar-refractivity contribution in [3.63, 3.8) is 0 Å².